The maximum Gasteiger partial charge on any atom is 0.0262 e. The van der Waals surface area contributed by atoms with Crippen LogP contribution < -0.4 is 0 Å². The van der Waals surface area contributed by atoms with E-state index in [1.54, 1.807) is 0 Å². The quantitative estimate of drug-likeness (QED) is 0.641. The molecule has 0 aromatic heterocycles. The van der Waals surface area contributed by atoms with E-state index in [0.29, 0.717) is 16.7 Å². The van der Waals surface area contributed by atoms with Crippen molar-refractivity contribution in [1.29, 1.82) is 0 Å². The summed E-state index contributed by atoms with van der Waals surface area (Å²) >= 11 is 6.26. The number of alkyl halides is 1. The molecule has 2 aliphatic carbocycles. The van der Waals surface area contributed by atoms with Crippen LogP contribution in [0.25, 0.3) is 0 Å². The fourth-order valence-electron chi connectivity index (χ4n) is 4.87. The molecule has 1 heteroatoms. The van der Waals surface area contributed by atoms with E-state index in [4.69, 9.17) is 11.6 Å². The highest BCUT2D eigenvalue weighted by Gasteiger charge is 2.72. The molecule has 98 valence electrons. The predicted molar refractivity (Wildman–Crippen MR) is 78.1 cm³/mol. The molecule has 1 aromatic rings. The monoisotopic (exact) mass is 262 g/mol. The molecule has 3 unspecified atom stereocenters. The molecule has 0 bridgehead atoms. The minimum absolute atomic E-state index is 0.426. The summed E-state index contributed by atoms with van der Waals surface area (Å²) in [5.74, 6) is 2.26. The van der Waals surface area contributed by atoms with Gasteiger partial charge in [0.15, 0.2) is 0 Å². The van der Waals surface area contributed by atoms with Crippen molar-refractivity contribution in [3.8, 4) is 0 Å². The fourth-order valence-corrected chi connectivity index (χ4v) is 5.53. The van der Waals surface area contributed by atoms with E-state index in [9.17, 15) is 0 Å². The smallest absolute Gasteiger partial charge is 0.0262 e. The maximum atomic E-state index is 6.26. The second kappa shape index (κ2) is 4.27. The molecular weight excluding hydrogens is 240 g/mol. The van der Waals surface area contributed by atoms with Crippen LogP contribution in [-0.2, 0) is 0 Å². The van der Waals surface area contributed by atoms with Gasteiger partial charge in [-0.3, -0.25) is 0 Å². The summed E-state index contributed by atoms with van der Waals surface area (Å²) in [5.41, 5.74) is 2.45. The Labute approximate surface area is 116 Å². The summed E-state index contributed by atoms with van der Waals surface area (Å²) in [6.45, 7) is 4.86. The van der Waals surface area contributed by atoms with E-state index in [0.717, 1.165) is 11.8 Å². The minimum Gasteiger partial charge on any atom is -0.126 e. The van der Waals surface area contributed by atoms with Gasteiger partial charge in [0.05, 0.1) is 0 Å². The van der Waals surface area contributed by atoms with Gasteiger partial charge in [-0.25, -0.2) is 0 Å². The molecule has 0 amide bonds. The van der Waals surface area contributed by atoms with E-state index in [-0.39, 0.29) is 0 Å². The molecule has 0 nitrogen and oxygen atoms in total. The number of hydrogen-bond acceptors (Lipinski definition) is 0. The molecule has 3 rings (SSSR count). The molecule has 0 radical (unpaired) electrons. The Hall–Kier alpha value is -0.490. The molecule has 1 spiro atoms. The lowest BCUT2D eigenvalue weighted by atomic mass is 9.69. The average Bonchev–Trinajstić information content (AvgIpc) is 2.86. The number of benzene rings is 1. The van der Waals surface area contributed by atoms with Gasteiger partial charge < -0.3 is 0 Å². The van der Waals surface area contributed by atoms with Gasteiger partial charge in [0.2, 0.25) is 0 Å². The molecular formula is C17H23Cl. The van der Waals surface area contributed by atoms with Gasteiger partial charge in [-0.1, -0.05) is 57.0 Å². The largest absolute Gasteiger partial charge is 0.126 e. The molecule has 0 aliphatic heterocycles. The highest BCUT2D eigenvalue weighted by Crippen LogP contribution is 2.78. The van der Waals surface area contributed by atoms with Crippen LogP contribution in [0, 0.1) is 16.7 Å². The van der Waals surface area contributed by atoms with E-state index < -0.39 is 0 Å². The van der Waals surface area contributed by atoms with Crippen LogP contribution >= 0.6 is 11.6 Å². The van der Waals surface area contributed by atoms with Crippen LogP contribution in [0.1, 0.15) is 51.0 Å². The zero-order valence-corrected chi connectivity index (χ0v) is 12.2. The summed E-state index contributed by atoms with van der Waals surface area (Å²) in [5, 5.41) is 0. The first kappa shape index (κ1) is 12.5. The highest BCUT2D eigenvalue weighted by molar-refractivity contribution is 6.18. The molecule has 2 aliphatic rings. The van der Waals surface area contributed by atoms with E-state index in [2.05, 4.69) is 44.2 Å². The summed E-state index contributed by atoms with van der Waals surface area (Å²) in [6.07, 6.45) is 5.49. The first-order valence-electron chi connectivity index (χ1n) is 7.25. The van der Waals surface area contributed by atoms with Crippen molar-refractivity contribution in [1.82, 2.24) is 0 Å². The standard InChI is InChI=1S/C17H23Cl/c1-16(2)15(12-18)17(16)11-7-6-10-14(17)13-8-4-3-5-9-13/h3-5,8-9,14-15H,6-7,10-12H2,1-2H3. The van der Waals surface area contributed by atoms with Crippen molar-refractivity contribution in [2.75, 3.05) is 5.88 Å². The Morgan fingerprint density at radius 2 is 1.89 bits per heavy atom. The van der Waals surface area contributed by atoms with Crippen LogP contribution in [0.3, 0.4) is 0 Å². The lowest BCUT2D eigenvalue weighted by molar-refractivity contribution is 0.221. The predicted octanol–water partition coefficient (Wildman–Crippen LogP) is 5.23. The summed E-state index contributed by atoms with van der Waals surface area (Å²) < 4.78 is 0. The Morgan fingerprint density at radius 1 is 1.17 bits per heavy atom. The first-order valence-corrected chi connectivity index (χ1v) is 7.79. The second-order valence-corrected chi connectivity index (χ2v) is 6.99. The minimum atomic E-state index is 0.426. The Morgan fingerprint density at radius 3 is 2.50 bits per heavy atom. The van der Waals surface area contributed by atoms with Gasteiger partial charge in [-0.15, -0.1) is 11.6 Å². The van der Waals surface area contributed by atoms with Crippen molar-refractivity contribution in [2.45, 2.75) is 45.4 Å². The van der Waals surface area contributed by atoms with Gasteiger partial charge >= 0.3 is 0 Å². The third-order valence-electron chi connectivity index (χ3n) is 5.92. The van der Waals surface area contributed by atoms with Crippen molar-refractivity contribution in [3.63, 3.8) is 0 Å². The number of halogens is 1. The SMILES string of the molecule is CC1(C)C(CCl)C12CCCCC2c1ccccc1. The van der Waals surface area contributed by atoms with Crippen LogP contribution in [0.15, 0.2) is 30.3 Å². The molecule has 3 atom stereocenters. The van der Waals surface area contributed by atoms with Crippen LogP contribution in [0.4, 0.5) is 0 Å². The van der Waals surface area contributed by atoms with Crippen LogP contribution in [0.5, 0.6) is 0 Å². The summed E-state index contributed by atoms with van der Waals surface area (Å²) in [7, 11) is 0. The van der Waals surface area contributed by atoms with E-state index >= 15 is 0 Å². The van der Waals surface area contributed by atoms with Crippen LogP contribution in [0.2, 0.25) is 0 Å². The molecule has 0 heterocycles. The lowest BCUT2D eigenvalue weighted by Crippen LogP contribution is -2.24. The van der Waals surface area contributed by atoms with Crippen molar-refractivity contribution < 1.29 is 0 Å². The third kappa shape index (κ3) is 1.51. The Bertz CT molecular complexity index is 422. The average molecular weight is 263 g/mol. The lowest BCUT2D eigenvalue weighted by Gasteiger charge is -2.36. The molecule has 0 saturated heterocycles. The van der Waals surface area contributed by atoms with E-state index in [1.807, 2.05) is 0 Å². The summed E-state index contributed by atoms with van der Waals surface area (Å²) in [6, 6.07) is 11.1. The molecule has 0 N–H and O–H groups in total. The fraction of sp³-hybridized carbons (Fsp3) is 0.647. The molecule has 2 saturated carbocycles. The zero-order chi connectivity index (χ0) is 12.8. The second-order valence-electron chi connectivity index (χ2n) is 6.68. The van der Waals surface area contributed by atoms with Gasteiger partial charge in [0.25, 0.3) is 0 Å². The van der Waals surface area contributed by atoms with Gasteiger partial charge in [0, 0.05) is 5.88 Å². The Balaban J connectivity index is 1.98. The first-order chi connectivity index (χ1) is 8.64. The van der Waals surface area contributed by atoms with Gasteiger partial charge in [-0.2, -0.15) is 0 Å². The Kier molecular flexibility index (Phi) is 2.97. The van der Waals surface area contributed by atoms with E-state index in [1.165, 1.54) is 31.2 Å². The zero-order valence-electron chi connectivity index (χ0n) is 11.5. The van der Waals surface area contributed by atoms with Gasteiger partial charge in [-0.05, 0) is 41.1 Å². The number of hydrogen-bond donors (Lipinski definition) is 0. The highest BCUT2D eigenvalue weighted by atomic mass is 35.5. The number of rotatable bonds is 2. The normalized spacial score (nSPS) is 37.7. The van der Waals surface area contributed by atoms with Gasteiger partial charge in [0.1, 0.15) is 0 Å². The molecule has 18 heavy (non-hydrogen) atoms. The topological polar surface area (TPSA) is 0 Å². The van der Waals surface area contributed by atoms with Crippen molar-refractivity contribution in [2.24, 2.45) is 16.7 Å². The third-order valence-corrected chi connectivity index (χ3v) is 6.23. The molecule has 2 fully saturated rings. The van der Waals surface area contributed by atoms with Crippen molar-refractivity contribution in [3.05, 3.63) is 35.9 Å². The molecule has 1 aromatic carbocycles. The summed E-state index contributed by atoms with van der Waals surface area (Å²) in [4.78, 5) is 0. The maximum absolute atomic E-state index is 6.26. The van der Waals surface area contributed by atoms with Crippen LogP contribution in [-0.4, -0.2) is 5.88 Å². The van der Waals surface area contributed by atoms with Crippen molar-refractivity contribution >= 4 is 11.6 Å².